The molecular weight excluding hydrogens is 500 g/mol. The lowest BCUT2D eigenvalue weighted by molar-refractivity contribution is -0.140. The second-order valence-corrected chi connectivity index (χ2v) is 10.1. The van der Waals surface area contributed by atoms with E-state index in [0.717, 1.165) is 27.8 Å². The number of amides is 2. The molecule has 0 fully saturated rings. The maximum atomic E-state index is 13.4. The fourth-order valence-electron chi connectivity index (χ4n) is 4.71. The number of hydrogen-bond acceptors (Lipinski definition) is 6. The van der Waals surface area contributed by atoms with E-state index in [1.165, 1.54) is 16.2 Å². The zero-order valence-electron chi connectivity index (χ0n) is 21.0. The van der Waals surface area contributed by atoms with E-state index < -0.39 is 11.9 Å². The van der Waals surface area contributed by atoms with Gasteiger partial charge in [0.1, 0.15) is 5.82 Å². The molecule has 1 aliphatic heterocycles. The van der Waals surface area contributed by atoms with E-state index in [1.54, 1.807) is 25.2 Å². The number of carboxylic acid groups (broad SMARTS) is 1. The van der Waals surface area contributed by atoms with Crippen molar-refractivity contribution in [2.24, 2.45) is 5.92 Å². The molecule has 3 heterocycles. The highest BCUT2D eigenvalue weighted by Gasteiger charge is 2.28. The fourth-order valence-corrected chi connectivity index (χ4v) is 5.50. The van der Waals surface area contributed by atoms with Crippen molar-refractivity contribution in [3.8, 4) is 22.4 Å². The van der Waals surface area contributed by atoms with E-state index in [0.29, 0.717) is 29.5 Å². The lowest BCUT2D eigenvalue weighted by Gasteiger charge is -2.21. The molecule has 38 heavy (non-hydrogen) atoms. The molecule has 1 aliphatic rings. The van der Waals surface area contributed by atoms with Crippen LogP contribution < -0.4 is 9.80 Å². The highest BCUT2D eigenvalue weighted by molar-refractivity contribution is 7.14. The van der Waals surface area contributed by atoms with Crippen LogP contribution in [0.5, 0.6) is 0 Å². The van der Waals surface area contributed by atoms with Gasteiger partial charge in [0.05, 0.1) is 24.5 Å². The number of rotatable bonds is 8. The van der Waals surface area contributed by atoms with Crippen molar-refractivity contribution in [3.63, 3.8) is 0 Å². The molecule has 8 nitrogen and oxygen atoms in total. The Labute approximate surface area is 224 Å². The summed E-state index contributed by atoms with van der Waals surface area (Å²) in [4.78, 5) is 49.3. The van der Waals surface area contributed by atoms with Gasteiger partial charge in [0.15, 0.2) is 5.13 Å². The quantitative estimate of drug-likeness (QED) is 0.357. The van der Waals surface area contributed by atoms with Crippen molar-refractivity contribution >= 4 is 40.1 Å². The van der Waals surface area contributed by atoms with Gasteiger partial charge in [-0.3, -0.25) is 24.2 Å². The van der Waals surface area contributed by atoms with Crippen LogP contribution in [0.1, 0.15) is 17.5 Å². The number of aromatic nitrogens is 2. The minimum atomic E-state index is -1.02. The van der Waals surface area contributed by atoms with Gasteiger partial charge in [-0.1, -0.05) is 54.6 Å². The monoisotopic (exact) mass is 526 g/mol. The Morgan fingerprint density at radius 2 is 1.82 bits per heavy atom. The lowest BCUT2D eigenvalue weighted by Crippen LogP contribution is -2.35. The fraction of sp³-hybridized carbons (Fsp3) is 0.207. The highest BCUT2D eigenvalue weighted by atomic mass is 32.1. The Balaban J connectivity index is 1.41. The Morgan fingerprint density at radius 1 is 1.11 bits per heavy atom. The number of thiazole rings is 1. The van der Waals surface area contributed by atoms with Gasteiger partial charge < -0.3 is 5.11 Å². The van der Waals surface area contributed by atoms with Crippen LogP contribution in [-0.2, 0) is 27.2 Å². The SMILES string of the molecule is CN(C(=O)C(CC(=O)O)Cc1ccccc1)c1nc(-c2ccccc2-c2cnc3c(c2)CC(=O)N3C)cs1. The number of carboxylic acids is 1. The minimum absolute atomic E-state index is 0.0169. The number of pyridine rings is 1. The number of carbonyl (C=O) groups is 3. The summed E-state index contributed by atoms with van der Waals surface area (Å²) < 4.78 is 0. The first-order valence-electron chi connectivity index (χ1n) is 12.2. The van der Waals surface area contributed by atoms with Gasteiger partial charge in [-0.05, 0) is 23.6 Å². The van der Waals surface area contributed by atoms with Gasteiger partial charge in [-0.2, -0.15) is 0 Å². The molecule has 0 aliphatic carbocycles. The summed E-state index contributed by atoms with van der Waals surface area (Å²) in [6.45, 7) is 0. The molecule has 1 atom stereocenters. The molecule has 192 valence electrons. The molecule has 4 aromatic rings. The number of aliphatic carboxylic acids is 1. The number of fused-ring (bicyclic) bond motifs is 1. The van der Waals surface area contributed by atoms with Crippen molar-refractivity contribution in [2.75, 3.05) is 23.9 Å². The predicted octanol–water partition coefficient (Wildman–Crippen LogP) is 4.69. The molecule has 0 spiro atoms. The van der Waals surface area contributed by atoms with Crippen LogP contribution in [0.2, 0.25) is 0 Å². The van der Waals surface area contributed by atoms with E-state index >= 15 is 0 Å². The molecule has 0 radical (unpaired) electrons. The molecule has 2 aromatic carbocycles. The summed E-state index contributed by atoms with van der Waals surface area (Å²) in [5.74, 6) is -1.32. The molecule has 1 unspecified atom stereocenters. The number of likely N-dealkylation sites (N-methyl/N-ethyl adjacent to an activating group) is 1. The third-order valence-corrected chi connectivity index (χ3v) is 7.61. The number of anilines is 2. The number of hydrogen-bond donors (Lipinski definition) is 1. The van der Waals surface area contributed by atoms with Crippen LogP contribution in [0, 0.1) is 5.92 Å². The van der Waals surface area contributed by atoms with E-state index in [2.05, 4.69) is 4.98 Å². The second-order valence-electron chi connectivity index (χ2n) is 9.28. The molecule has 0 saturated carbocycles. The largest absolute Gasteiger partial charge is 0.481 e. The summed E-state index contributed by atoms with van der Waals surface area (Å²) in [5, 5.41) is 11.8. The molecule has 1 N–H and O–H groups in total. The lowest BCUT2D eigenvalue weighted by atomic mass is 9.95. The molecule has 5 rings (SSSR count). The molecule has 9 heteroatoms. The molecule has 2 amide bonds. The Morgan fingerprint density at radius 3 is 2.55 bits per heavy atom. The van der Waals surface area contributed by atoms with E-state index in [4.69, 9.17) is 4.98 Å². The normalized spacial score (nSPS) is 13.3. The van der Waals surface area contributed by atoms with Crippen LogP contribution >= 0.6 is 11.3 Å². The Kier molecular flexibility index (Phi) is 7.02. The average molecular weight is 527 g/mol. The van der Waals surface area contributed by atoms with E-state index in [9.17, 15) is 19.5 Å². The van der Waals surface area contributed by atoms with Gasteiger partial charge in [0, 0.05) is 42.4 Å². The first kappa shape index (κ1) is 25.3. The average Bonchev–Trinajstić information content (AvgIpc) is 3.52. The Hall–Kier alpha value is -4.37. The molecular formula is C29H26N4O4S. The Bertz CT molecular complexity index is 1520. The van der Waals surface area contributed by atoms with Gasteiger partial charge in [0.25, 0.3) is 0 Å². The van der Waals surface area contributed by atoms with E-state index in [-0.39, 0.29) is 18.2 Å². The maximum absolute atomic E-state index is 13.4. The van der Waals surface area contributed by atoms with Gasteiger partial charge >= 0.3 is 5.97 Å². The standard InChI is InChI=1S/C29H26N4O4S/c1-32-25(34)14-19-13-21(16-30-27(19)32)22-10-6-7-11-23(22)24-17-38-29(31-24)33(2)28(37)20(15-26(35)36)12-18-8-4-3-5-9-18/h3-11,13,16-17,20H,12,14-15H2,1-2H3,(H,35,36). The maximum Gasteiger partial charge on any atom is 0.304 e. The number of benzene rings is 2. The first-order valence-corrected chi connectivity index (χ1v) is 13.0. The molecule has 2 aromatic heterocycles. The van der Waals surface area contributed by atoms with Crippen molar-refractivity contribution in [2.45, 2.75) is 19.3 Å². The third kappa shape index (κ3) is 5.05. The smallest absolute Gasteiger partial charge is 0.304 e. The van der Waals surface area contributed by atoms with Crippen LogP contribution in [0.4, 0.5) is 10.9 Å². The zero-order chi connectivity index (χ0) is 26.8. The molecule has 0 bridgehead atoms. The summed E-state index contributed by atoms with van der Waals surface area (Å²) >= 11 is 1.33. The summed E-state index contributed by atoms with van der Waals surface area (Å²) in [6, 6.07) is 19.2. The van der Waals surface area contributed by atoms with Crippen LogP contribution in [0.3, 0.4) is 0 Å². The van der Waals surface area contributed by atoms with E-state index in [1.807, 2.05) is 66.0 Å². The summed E-state index contributed by atoms with van der Waals surface area (Å²) in [6.07, 6.45) is 2.15. The number of carbonyl (C=O) groups excluding carboxylic acids is 2. The summed E-state index contributed by atoms with van der Waals surface area (Å²) in [7, 11) is 3.36. The van der Waals surface area contributed by atoms with Crippen LogP contribution in [0.15, 0.2) is 72.2 Å². The first-order chi connectivity index (χ1) is 18.3. The van der Waals surface area contributed by atoms with Gasteiger partial charge in [-0.25, -0.2) is 9.97 Å². The summed E-state index contributed by atoms with van der Waals surface area (Å²) in [5.41, 5.74) is 5.17. The van der Waals surface area contributed by atoms with Crippen molar-refractivity contribution < 1.29 is 19.5 Å². The van der Waals surface area contributed by atoms with Gasteiger partial charge in [-0.15, -0.1) is 11.3 Å². The minimum Gasteiger partial charge on any atom is -0.481 e. The van der Waals surface area contributed by atoms with Crippen molar-refractivity contribution in [1.29, 1.82) is 0 Å². The topological polar surface area (TPSA) is 104 Å². The van der Waals surface area contributed by atoms with Crippen LogP contribution in [0.25, 0.3) is 22.4 Å². The predicted molar refractivity (Wildman–Crippen MR) is 147 cm³/mol. The third-order valence-electron chi connectivity index (χ3n) is 6.70. The van der Waals surface area contributed by atoms with Crippen molar-refractivity contribution in [1.82, 2.24) is 9.97 Å². The molecule has 0 saturated heterocycles. The zero-order valence-corrected chi connectivity index (χ0v) is 21.8. The van der Waals surface area contributed by atoms with Crippen LogP contribution in [-0.4, -0.2) is 47.0 Å². The van der Waals surface area contributed by atoms with Crippen molar-refractivity contribution in [3.05, 3.63) is 83.4 Å². The second kappa shape index (κ2) is 10.5. The number of nitrogens with zero attached hydrogens (tertiary/aromatic N) is 4. The van der Waals surface area contributed by atoms with Gasteiger partial charge in [0.2, 0.25) is 11.8 Å². The highest BCUT2D eigenvalue weighted by Crippen LogP contribution is 2.37.